The first kappa shape index (κ1) is 18.8. The standard InChI is InChI=1S/C21H28N4O3/c1-2-28-20(27)16-6-5-11-25(14-16)19(26)15-9-12-24(13-10-15)21-22-17-7-3-4-8-18(17)23-21/h3-4,7-8,15-16H,2,5-6,9-14H2,1H3,(H,22,23)/t16-/m0/s1. The maximum atomic E-state index is 13.0. The SMILES string of the molecule is CCOC(=O)[C@H]1CCCN(C(=O)C2CCN(c3nc4ccccc4[nH]3)CC2)C1. The Morgan fingerprint density at radius 2 is 1.93 bits per heavy atom. The van der Waals surface area contributed by atoms with Gasteiger partial charge in [0.25, 0.3) is 0 Å². The molecule has 1 amide bonds. The van der Waals surface area contributed by atoms with Crippen LogP contribution >= 0.6 is 0 Å². The molecular weight excluding hydrogens is 356 g/mol. The molecule has 0 bridgehead atoms. The summed E-state index contributed by atoms with van der Waals surface area (Å²) in [6, 6.07) is 8.01. The second-order valence-electron chi connectivity index (χ2n) is 7.71. The molecule has 1 N–H and O–H groups in total. The first-order chi connectivity index (χ1) is 13.7. The molecule has 2 saturated heterocycles. The van der Waals surface area contributed by atoms with Crippen molar-refractivity contribution in [2.75, 3.05) is 37.7 Å². The van der Waals surface area contributed by atoms with Gasteiger partial charge in [-0.1, -0.05) is 12.1 Å². The van der Waals surface area contributed by atoms with Crippen molar-refractivity contribution in [1.29, 1.82) is 0 Å². The molecule has 2 aliphatic rings. The van der Waals surface area contributed by atoms with Crippen molar-refractivity contribution >= 4 is 28.9 Å². The molecule has 0 radical (unpaired) electrons. The van der Waals surface area contributed by atoms with Gasteiger partial charge in [0, 0.05) is 32.1 Å². The van der Waals surface area contributed by atoms with E-state index in [4.69, 9.17) is 4.74 Å². The van der Waals surface area contributed by atoms with Crippen LogP contribution in [-0.2, 0) is 14.3 Å². The summed E-state index contributed by atoms with van der Waals surface area (Å²) in [6.45, 7) is 5.08. The Hall–Kier alpha value is -2.57. The molecule has 0 aliphatic carbocycles. The number of aromatic amines is 1. The lowest BCUT2D eigenvalue weighted by molar-refractivity contribution is -0.152. The average Bonchev–Trinajstić information content (AvgIpc) is 3.18. The molecule has 1 aromatic heterocycles. The van der Waals surface area contributed by atoms with Crippen LogP contribution in [0.3, 0.4) is 0 Å². The first-order valence-electron chi connectivity index (χ1n) is 10.3. The second-order valence-corrected chi connectivity index (χ2v) is 7.71. The highest BCUT2D eigenvalue weighted by Crippen LogP contribution is 2.27. The minimum absolute atomic E-state index is 0.0292. The van der Waals surface area contributed by atoms with E-state index < -0.39 is 0 Å². The third-order valence-corrected chi connectivity index (χ3v) is 5.87. The number of esters is 1. The van der Waals surface area contributed by atoms with Gasteiger partial charge >= 0.3 is 5.97 Å². The minimum Gasteiger partial charge on any atom is -0.466 e. The number of hydrogen-bond acceptors (Lipinski definition) is 5. The fourth-order valence-electron chi connectivity index (χ4n) is 4.32. The zero-order valence-corrected chi connectivity index (χ0v) is 16.4. The number of piperidine rings is 2. The van der Waals surface area contributed by atoms with Crippen LogP contribution in [0.2, 0.25) is 0 Å². The van der Waals surface area contributed by atoms with Crippen LogP contribution in [0.15, 0.2) is 24.3 Å². The van der Waals surface area contributed by atoms with Crippen LogP contribution in [-0.4, -0.2) is 59.5 Å². The van der Waals surface area contributed by atoms with Crippen molar-refractivity contribution in [1.82, 2.24) is 14.9 Å². The molecule has 3 heterocycles. The van der Waals surface area contributed by atoms with Gasteiger partial charge in [0.1, 0.15) is 0 Å². The van der Waals surface area contributed by atoms with E-state index in [0.717, 1.165) is 62.3 Å². The number of para-hydroxylation sites is 2. The zero-order valence-electron chi connectivity index (χ0n) is 16.4. The summed E-state index contributed by atoms with van der Waals surface area (Å²) >= 11 is 0. The number of benzene rings is 1. The summed E-state index contributed by atoms with van der Waals surface area (Å²) < 4.78 is 5.15. The summed E-state index contributed by atoms with van der Waals surface area (Å²) in [7, 11) is 0. The number of nitrogens with zero attached hydrogens (tertiary/aromatic N) is 3. The topological polar surface area (TPSA) is 78.5 Å². The Bertz CT molecular complexity index is 808. The van der Waals surface area contributed by atoms with Crippen LogP contribution in [0.1, 0.15) is 32.6 Å². The minimum atomic E-state index is -0.173. The number of fused-ring (bicyclic) bond motifs is 1. The lowest BCUT2D eigenvalue weighted by Gasteiger charge is -2.37. The van der Waals surface area contributed by atoms with Crippen molar-refractivity contribution in [2.24, 2.45) is 11.8 Å². The average molecular weight is 384 g/mol. The fraction of sp³-hybridized carbons (Fsp3) is 0.571. The number of H-pyrrole nitrogens is 1. The van der Waals surface area contributed by atoms with Gasteiger partial charge in [-0.15, -0.1) is 0 Å². The van der Waals surface area contributed by atoms with E-state index >= 15 is 0 Å². The van der Waals surface area contributed by atoms with Gasteiger partial charge in [0.05, 0.1) is 23.6 Å². The van der Waals surface area contributed by atoms with Gasteiger partial charge in [0.2, 0.25) is 11.9 Å². The number of nitrogens with one attached hydrogen (secondary N) is 1. The van der Waals surface area contributed by atoms with Crippen molar-refractivity contribution in [3.05, 3.63) is 24.3 Å². The summed E-state index contributed by atoms with van der Waals surface area (Å²) in [5.41, 5.74) is 2.00. The maximum Gasteiger partial charge on any atom is 0.310 e. The largest absolute Gasteiger partial charge is 0.466 e. The van der Waals surface area contributed by atoms with Crippen molar-refractivity contribution in [2.45, 2.75) is 32.6 Å². The van der Waals surface area contributed by atoms with E-state index in [1.165, 1.54) is 0 Å². The Kier molecular flexibility index (Phi) is 5.50. The second kappa shape index (κ2) is 8.20. The first-order valence-corrected chi connectivity index (χ1v) is 10.3. The maximum absolute atomic E-state index is 13.0. The van der Waals surface area contributed by atoms with Gasteiger partial charge in [-0.05, 0) is 44.7 Å². The molecule has 2 aromatic rings. The van der Waals surface area contributed by atoms with Crippen LogP contribution in [0.4, 0.5) is 5.95 Å². The van der Waals surface area contributed by atoms with Gasteiger partial charge in [-0.2, -0.15) is 0 Å². The molecule has 1 atom stereocenters. The molecule has 4 rings (SSSR count). The molecule has 0 unspecified atom stereocenters. The number of carbonyl (C=O) groups excluding carboxylic acids is 2. The summed E-state index contributed by atoms with van der Waals surface area (Å²) in [5.74, 6) is 0.764. The predicted molar refractivity (Wildman–Crippen MR) is 107 cm³/mol. The lowest BCUT2D eigenvalue weighted by Crippen LogP contribution is -2.47. The smallest absolute Gasteiger partial charge is 0.310 e. The zero-order chi connectivity index (χ0) is 19.5. The Morgan fingerprint density at radius 1 is 1.14 bits per heavy atom. The lowest BCUT2D eigenvalue weighted by atomic mass is 9.92. The molecule has 7 nitrogen and oxygen atoms in total. The van der Waals surface area contributed by atoms with E-state index in [-0.39, 0.29) is 23.7 Å². The Balaban J connectivity index is 1.34. The normalized spacial score (nSPS) is 21.1. The van der Waals surface area contributed by atoms with E-state index in [0.29, 0.717) is 13.2 Å². The van der Waals surface area contributed by atoms with Crippen LogP contribution in [0, 0.1) is 11.8 Å². The highest BCUT2D eigenvalue weighted by molar-refractivity contribution is 5.81. The third-order valence-electron chi connectivity index (χ3n) is 5.87. The number of aromatic nitrogens is 2. The summed E-state index contributed by atoms with van der Waals surface area (Å²) in [5, 5.41) is 0. The highest BCUT2D eigenvalue weighted by Gasteiger charge is 2.34. The molecule has 0 spiro atoms. The van der Waals surface area contributed by atoms with Gasteiger partial charge in [-0.25, -0.2) is 4.98 Å². The number of carbonyl (C=O) groups is 2. The van der Waals surface area contributed by atoms with E-state index in [2.05, 4.69) is 14.9 Å². The highest BCUT2D eigenvalue weighted by atomic mass is 16.5. The van der Waals surface area contributed by atoms with E-state index in [9.17, 15) is 9.59 Å². The van der Waals surface area contributed by atoms with Crippen LogP contribution < -0.4 is 4.90 Å². The molecule has 7 heteroatoms. The predicted octanol–water partition coefficient (Wildman–Crippen LogP) is 2.58. The van der Waals surface area contributed by atoms with Crippen molar-refractivity contribution < 1.29 is 14.3 Å². The van der Waals surface area contributed by atoms with Crippen LogP contribution in [0.25, 0.3) is 11.0 Å². The van der Waals surface area contributed by atoms with Crippen molar-refractivity contribution in [3.63, 3.8) is 0 Å². The van der Waals surface area contributed by atoms with Gasteiger partial charge in [-0.3, -0.25) is 9.59 Å². The molecule has 1 aromatic carbocycles. The van der Waals surface area contributed by atoms with Crippen LogP contribution in [0.5, 0.6) is 0 Å². The Labute approximate surface area is 165 Å². The van der Waals surface area contributed by atoms with E-state index in [1.807, 2.05) is 36.1 Å². The van der Waals surface area contributed by atoms with Gasteiger partial charge < -0.3 is 19.5 Å². The molecular formula is C21H28N4O3. The quantitative estimate of drug-likeness (QED) is 0.820. The number of amides is 1. The van der Waals surface area contributed by atoms with Crippen molar-refractivity contribution in [3.8, 4) is 0 Å². The summed E-state index contributed by atoms with van der Waals surface area (Å²) in [6.07, 6.45) is 3.31. The number of hydrogen-bond donors (Lipinski definition) is 1. The number of likely N-dealkylation sites (tertiary alicyclic amines) is 1. The van der Waals surface area contributed by atoms with Gasteiger partial charge in [0.15, 0.2) is 0 Å². The third kappa shape index (κ3) is 3.84. The summed E-state index contributed by atoms with van der Waals surface area (Å²) in [4.78, 5) is 37.2. The number of ether oxygens (including phenoxy) is 1. The molecule has 2 aliphatic heterocycles. The van der Waals surface area contributed by atoms with E-state index in [1.54, 1.807) is 0 Å². The molecule has 2 fully saturated rings. The fourth-order valence-corrected chi connectivity index (χ4v) is 4.32. The number of rotatable bonds is 4. The number of imidazole rings is 1. The molecule has 28 heavy (non-hydrogen) atoms. The Morgan fingerprint density at radius 3 is 2.68 bits per heavy atom. The monoisotopic (exact) mass is 384 g/mol. The molecule has 150 valence electrons. The molecule has 0 saturated carbocycles. The number of anilines is 1.